The number of carbonyl (C=O) groups is 2. The van der Waals surface area contributed by atoms with Crippen LogP contribution in [0.1, 0.15) is 43.1 Å². The molecule has 16 heteroatoms. The lowest BCUT2D eigenvalue weighted by Crippen LogP contribution is -2.29. The first kappa shape index (κ1) is 31.1. The first-order chi connectivity index (χ1) is 19.6. The number of benzene rings is 2. The predicted octanol–water partition coefficient (Wildman–Crippen LogP) is 4.23. The minimum Gasteiger partial charge on any atom is -0.487 e. The minimum atomic E-state index is -4.51. The van der Waals surface area contributed by atoms with Crippen LogP contribution < -0.4 is 9.88 Å². The number of ketones is 1. The van der Waals surface area contributed by atoms with E-state index in [2.05, 4.69) is 15.3 Å². The SMILES string of the molecule is CC(C)[C@@H](C(=O)C[C@@H](Cc1ccc(C(F)(F)F)cc1)C(=O)O)n1cc(COc2ccc3nc(S(N)(=O)=O)sc3c2)nn1. The Bertz CT molecular complexity index is 1700. The Labute approximate surface area is 242 Å². The highest BCUT2D eigenvalue weighted by Crippen LogP contribution is 2.31. The second-order valence-corrected chi connectivity index (χ2v) is 12.7. The van der Waals surface area contributed by atoms with Gasteiger partial charge in [0, 0.05) is 6.42 Å². The van der Waals surface area contributed by atoms with Gasteiger partial charge in [-0.2, -0.15) is 13.2 Å². The van der Waals surface area contributed by atoms with E-state index in [4.69, 9.17) is 9.88 Å². The highest BCUT2D eigenvalue weighted by Gasteiger charge is 2.32. The molecule has 224 valence electrons. The first-order valence-electron chi connectivity index (χ1n) is 12.5. The van der Waals surface area contributed by atoms with E-state index >= 15 is 0 Å². The Morgan fingerprint density at radius 2 is 1.83 bits per heavy atom. The Morgan fingerprint density at radius 1 is 1.14 bits per heavy atom. The molecular weight excluding hydrogens is 599 g/mol. The Morgan fingerprint density at radius 3 is 2.43 bits per heavy atom. The number of fused-ring (bicyclic) bond motifs is 1. The number of thiazole rings is 1. The maximum atomic E-state index is 13.3. The predicted molar refractivity (Wildman–Crippen MR) is 145 cm³/mol. The van der Waals surface area contributed by atoms with E-state index in [9.17, 15) is 36.3 Å². The molecule has 0 saturated carbocycles. The number of carboxylic acid groups (broad SMARTS) is 1. The van der Waals surface area contributed by atoms with Crippen LogP contribution in [-0.2, 0) is 38.8 Å². The fourth-order valence-electron chi connectivity index (χ4n) is 4.32. The summed E-state index contributed by atoms with van der Waals surface area (Å²) in [6.07, 6.45) is -3.48. The molecule has 11 nitrogen and oxygen atoms in total. The quantitative estimate of drug-likeness (QED) is 0.234. The van der Waals surface area contributed by atoms with Gasteiger partial charge in [0.1, 0.15) is 24.1 Å². The average Bonchev–Trinajstić information content (AvgIpc) is 3.53. The number of alkyl halides is 3. The van der Waals surface area contributed by atoms with E-state index in [0.717, 1.165) is 23.5 Å². The molecule has 0 unspecified atom stereocenters. The Balaban J connectivity index is 1.43. The van der Waals surface area contributed by atoms with Crippen LogP contribution in [0.5, 0.6) is 5.75 Å². The fourth-order valence-corrected chi connectivity index (χ4v) is 6.00. The molecule has 0 bridgehead atoms. The fraction of sp³-hybridized carbons (Fsp3) is 0.346. The van der Waals surface area contributed by atoms with E-state index in [0.29, 0.717) is 27.2 Å². The van der Waals surface area contributed by atoms with Crippen molar-refractivity contribution in [3.63, 3.8) is 0 Å². The Hall–Kier alpha value is -3.89. The van der Waals surface area contributed by atoms with E-state index in [1.807, 2.05) is 0 Å². The standard InChI is InChI=1S/C26H26F3N5O6S2/c1-14(2)23(21(35)10-16(24(36)37)9-15-3-5-17(6-4-15)26(27,28)29)34-12-18(32-33-34)13-40-19-7-8-20-22(11-19)41-25(31-20)42(30,38)39/h3-8,11-12,14,16,23H,9-10,13H2,1-2H3,(H,36,37)(H2,30,38,39)/t16-,23+/m1/s1. The number of rotatable bonds is 12. The number of aromatic nitrogens is 4. The van der Waals surface area contributed by atoms with Gasteiger partial charge in [0.2, 0.25) is 4.34 Å². The number of nitrogens with zero attached hydrogens (tertiary/aromatic N) is 4. The third-order valence-electron chi connectivity index (χ3n) is 6.33. The van der Waals surface area contributed by atoms with Crippen molar-refractivity contribution in [1.82, 2.24) is 20.0 Å². The normalized spacial score (nSPS) is 13.8. The van der Waals surface area contributed by atoms with Crippen LogP contribution in [0.3, 0.4) is 0 Å². The van der Waals surface area contributed by atoms with Crippen molar-refractivity contribution in [3.8, 4) is 5.75 Å². The number of primary sulfonamides is 1. The summed E-state index contributed by atoms with van der Waals surface area (Å²) in [7, 11) is -3.94. The molecule has 0 spiro atoms. The first-order valence-corrected chi connectivity index (χ1v) is 14.9. The number of carbonyl (C=O) groups excluding carboxylic acids is 1. The summed E-state index contributed by atoms with van der Waals surface area (Å²) >= 11 is 0.902. The topological polar surface area (TPSA) is 167 Å². The van der Waals surface area contributed by atoms with E-state index in [1.54, 1.807) is 32.0 Å². The number of hydrogen-bond acceptors (Lipinski definition) is 9. The summed E-state index contributed by atoms with van der Waals surface area (Å²) in [5, 5.41) is 23.0. The number of ether oxygens (including phenoxy) is 1. The molecule has 2 aromatic carbocycles. The molecule has 4 rings (SSSR count). The lowest BCUT2D eigenvalue weighted by Gasteiger charge is -2.21. The second-order valence-electron chi connectivity index (χ2n) is 9.93. The summed E-state index contributed by atoms with van der Waals surface area (Å²) in [6, 6.07) is 8.12. The molecule has 2 heterocycles. The monoisotopic (exact) mass is 625 g/mol. The lowest BCUT2D eigenvalue weighted by atomic mass is 9.89. The maximum Gasteiger partial charge on any atom is 0.416 e. The summed E-state index contributed by atoms with van der Waals surface area (Å²) in [6.45, 7) is 3.51. The molecule has 2 aromatic heterocycles. The number of sulfonamides is 1. The molecule has 0 aliphatic carbocycles. The Kier molecular flexibility index (Phi) is 8.98. The van der Waals surface area contributed by atoms with Gasteiger partial charge in [0.25, 0.3) is 10.0 Å². The highest BCUT2D eigenvalue weighted by molar-refractivity contribution is 7.91. The van der Waals surface area contributed by atoms with Gasteiger partial charge in [-0.05, 0) is 48.2 Å². The largest absolute Gasteiger partial charge is 0.487 e. The van der Waals surface area contributed by atoms with Crippen LogP contribution in [0.4, 0.5) is 13.2 Å². The van der Waals surface area contributed by atoms with Gasteiger partial charge >= 0.3 is 12.1 Å². The summed E-state index contributed by atoms with van der Waals surface area (Å²) < 4.78 is 69.1. The maximum absolute atomic E-state index is 13.3. The molecule has 3 N–H and O–H groups in total. The van der Waals surface area contributed by atoms with Gasteiger partial charge in [-0.25, -0.2) is 23.2 Å². The lowest BCUT2D eigenvalue weighted by molar-refractivity contribution is -0.144. The van der Waals surface area contributed by atoms with Crippen molar-refractivity contribution in [3.05, 3.63) is 65.5 Å². The second kappa shape index (κ2) is 12.1. The molecule has 2 atom stereocenters. The van der Waals surface area contributed by atoms with Crippen LogP contribution in [-0.4, -0.2) is 45.3 Å². The third-order valence-corrected chi connectivity index (χ3v) is 8.67. The molecule has 42 heavy (non-hydrogen) atoms. The van der Waals surface area contributed by atoms with Crippen molar-refractivity contribution in [1.29, 1.82) is 0 Å². The van der Waals surface area contributed by atoms with Crippen LogP contribution in [0, 0.1) is 11.8 Å². The summed E-state index contributed by atoms with van der Waals surface area (Å²) in [5.74, 6) is -2.69. The van der Waals surface area contributed by atoms with Crippen molar-refractivity contribution in [2.75, 3.05) is 0 Å². The van der Waals surface area contributed by atoms with Crippen LogP contribution in [0.2, 0.25) is 0 Å². The van der Waals surface area contributed by atoms with Gasteiger partial charge in [-0.1, -0.05) is 31.2 Å². The van der Waals surface area contributed by atoms with Crippen molar-refractivity contribution in [2.45, 2.75) is 49.9 Å². The van der Waals surface area contributed by atoms with Gasteiger partial charge in [0.15, 0.2) is 5.78 Å². The molecule has 0 amide bonds. The van der Waals surface area contributed by atoms with Crippen molar-refractivity contribution >= 4 is 43.3 Å². The number of carboxylic acids is 1. The zero-order chi connectivity index (χ0) is 30.8. The summed E-state index contributed by atoms with van der Waals surface area (Å²) in [5.41, 5.74) is 0.336. The van der Waals surface area contributed by atoms with Crippen molar-refractivity contribution in [2.24, 2.45) is 17.0 Å². The third kappa shape index (κ3) is 7.49. The molecule has 0 saturated heterocycles. The highest BCUT2D eigenvalue weighted by atomic mass is 32.2. The van der Waals surface area contributed by atoms with Crippen LogP contribution in [0.25, 0.3) is 10.2 Å². The van der Waals surface area contributed by atoms with Crippen molar-refractivity contribution < 1.29 is 41.0 Å². The number of Topliss-reactive ketones (excluding diaryl/α,β-unsaturated/α-hetero) is 1. The molecule has 0 aliphatic rings. The van der Waals surface area contributed by atoms with E-state index < -0.39 is 45.5 Å². The molecule has 0 fully saturated rings. The molecule has 0 radical (unpaired) electrons. The zero-order valence-corrected chi connectivity index (χ0v) is 23.9. The number of halogens is 3. The average molecular weight is 626 g/mol. The minimum absolute atomic E-state index is 0.0307. The number of nitrogens with two attached hydrogens (primary N) is 1. The van der Waals surface area contributed by atoms with Gasteiger partial charge in [-0.3, -0.25) is 9.59 Å². The van der Waals surface area contributed by atoms with E-state index in [1.165, 1.54) is 23.0 Å². The molecule has 0 aliphatic heterocycles. The zero-order valence-electron chi connectivity index (χ0n) is 22.3. The van der Waals surface area contributed by atoms with Gasteiger partial charge < -0.3 is 9.84 Å². The molecule has 4 aromatic rings. The molecular formula is C26H26F3N5O6S2. The van der Waals surface area contributed by atoms with Crippen LogP contribution in [0.15, 0.2) is 53.0 Å². The van der Waals surface area contributed by atoms with Gasteiger partial charge in [-0.15, -0.1) is 16.4 Å². The number of aliphatic carboxylic acids is 1. The van der Waals surface area contributed by atoms with Crippen LogP contribution >= 0.6 is 11.3 Å². The van der Waals surface area contributed by atoms with E-state index in [-0.39, 0.29) is 29.7 Å². The number of hydrogen-bond donors (Lipinski definition) is 2. The smallest absolute Gasteiger partial charge is 0.416 e. The summed E-state index contributed by atoms with van der Waals surface area (Å²) in [4.78, 5) is 29.2. The van der Waals surface area contributed by atoms with Gasteiger partial charge in [0.05, 0.1) is 27.9 Å².